The first-order chi connectivity index (χ1) is 20.4. The van der Waals surface area contributed by atoms with Crippen molar-refractivity contribution in [1.29, 1.82) is 0 Å². The smallest absolute Gasteiger partial charge is 0.326 e. The standard InChI is InChI=1S/C34H32N2O5S/c1-3-32(37)36(26-15-19-28(42-2)20-16-26)21-22-41-27-17-13-24(14-18-27)23-31(34(39)40)35-30-12-8-7-11-29(30)33(38)25-9-5-4-6-10-25/h3-20,31,35H,1,21-23H2,2H3,(H,39,40)/t31-/m0/s1. The minimum atomic E-state index is -1.03. The van der Waals surface area contributed by atoms with Crippen molar-refractivity contribution in [3.8, 4) is 5.75 Å². The molecule has 0 unspecified atom stereocenters. The predicted octanol–water partition coefficient (Wildman–Crippen LogP) is 6.35. The van der Waals surface area contributed by atoms with E-state index in [-0.39, 0.29) is 24.7 Å². The maximum absolute atomic E-state index is 13.1. The molecule has 0 aliphatic carbocycles. The van der Waals surface area contributed by atoms with Crippen molar-refractivity contribution >= 4 is 40.8 Å². The van der Waals surface area contributed by atoms with Crippen LogP contribution in [0, 0.1) is 0 Å². The number of ether oxygens (including phenoxy) is 1. The van der Waals surface area contributed by atoms with Crippen molar-refractivity contribution in [2.24, 2.45) is 0 Å². The van der Waals surface area contributed by atoms with E-state index in [1.54, 1.807) is 77.3 Å². The first-order valence-corrected chi connectivity index (χ1v) is 14.6. The first kappa shape index (κ1) is 30.1. The van der Waals surface area contributed by atoms with E-state index in [0.29, 0.717) is 29.1 Å². The van der Waals surface area contributed by atoms with Crippen molar-refractivity contribution in [3.05, 3.63) is 132 Å². The topological polar surface area (TPSA) is 95.9 Å². The molecule has 4 aromatic rings. The Balaban J connectivity index is 1.38. The summed E-state index contributed by atoms with van der Waals surface area (Å²) in [6, 6.07) is 29.7. The predicted molar refractivity (Wildman–Crippen MR) is 168 cm³/mol. The Hall–Kier alpha value is -4.82. The fourth-order valence-corrected chi connectivity index (χ4v) is 4.80. The summed E-state index contributed by atoms with van der Waals surface area (Å²) in [6.07, 6.45) is 3.46. The number of amides is 1. The quantitative estimate of drug-likeness (QED) is 0.102. The van der Waals surface area contributed by atoms with Crippen LogP contribution >= 0.6 is 11.8 Å². The van der Waals surface area contributed by atoms with Gasteiger partial charge in [0.05, 0.1) is 6.54 Å². The number of carbonyl (C=O) groups excluding carboxylic acids is 2. The van der Waals surface area contributed by atoms with E-state index in [2.05, 4.69) is 11.9 Å². The molecule has 0 radical (unpaired) electrons. The number of carboxylic acid groups (broad SMARTS) is 1. The average molecular weight is 581 g/mol. The molecular formula is C34H32N2O5S. The van der Waals surface area contributed by atoms with Gasteiger partial charge in [-0.1, -0.05) is 61.2 Å². The molecule has 1 amide bonds. The number of ketones is 1. The molecule has 0 aliphatic heterocycles. The number of carbonyl (C=O) groups is 3. The van der Waals surface area contributed by atoms with Crippen LogP contribution in [0.4, 0.5) is 11.4 Å². The Kier molecular flexibility index (Phi) is 10.6. The van der Waals surface area contributed by atoms with E-state index in [9.17, 15) is 19.5 Å². The zero-order valence-corrected chi connectivity index (χ0v) is 24.1. The Morgan fingerprint density at radius 1 is 0.929 bits per heavy atom. The number of hydrogen-bond acceptors (Lipinski definition) is 6. The van der Waals surface area contributed by atoms with E-state index in [1.807, 2.05) is 48.7 Å². The molecule has 4 rings (SSSR count). The van der Waals surface area contributed by atoms with Gasteiger partial charge in [-0.3, -0.25) is 9.59 Å². The minimum Gasteiger partial charge on any atom is -0.492 e. The van der Waals surface area contributed by atoms with E-state index >= 15 is 0 Å². The number of aliphatic carboxylic acids is 1. The number of nitrogens with zero attached hydrogens (tertiary/aromatic N) is 1. The maximum Gasteiger partial charge on any atom is 0.326 e. The van der Waals surface area contributed by atoms with Crippen LogP contribution in [-0.4, -0.2) is 48.2 Å². The van der Waals surface area contributed by atoms with E-state index < -0.39 is 12.0 Å². The summed E-state index contributed by atoms with van der Waals surface area (Å²) < 4.78 is 5.88. The van der Waals surface area contributed by atoms with Crippen molar-refractivity contribution < 1.29 is 24.2 Å². The molecule has 2 N–H and O–H groups in total. The number of rotatable bonds is 14. The first-order valence-electron chi connectivity index (χ1n) is 13.4. The van der Waals surface area contributed by atoms with Gasteiger partial charge in [0.25, 0.3) is 0 Å². The van der Waals surface area contributed by atoms with Gasteiger partial charge in [-0.25, -0.2) is 4.79 Å². The maximum atomic E-state index is 13.1. The van der Waals surface area contributed by atoms with E-state index in [4.69, 9.17) is 4.74 Å². The molecule has 0 fully saturated rings. The van der Waals surface area contributed by atoms with Crippen molar-refractivity contribution in [1.82, 2.24) is 0 Å². The Morgan fingerprint density at radius 2 is 1.60 bits per heavy atom. The van der Waals surface area contributed by atoms with Gasteiger partial charge >= 0.3 is 5.97 Å². The van der Waals surface area contributed by atoms with Crippen LogP contribution in [-0.2, 0) is 16.0 Å². The molecule has 7 nitrogen and oxygen atoms in total. The zero-order chi connectivity index (χ0) is 29.9. The second-order valence-electron chi connectivity index (χ2n) is 9.36. The number of benzene rings is 4. The molecule has 0 spiro atoms. The van der Waals surface area contributed by atoms with Crippen LogP contribution in [0.2, 0.25) is 0 Å². The normalized spacial score (nSPS) is 11.3. The molecule has 0 aromatic heterocycles. The van der Waals surface area contributed by atoms with Crippen LogP contribution in [0.15, 0.2) is 121 Å². The van der Waals surface area contributed by atoms with Crippen LogP contribution in [0.3, 0.4) is 0 Å². The van der Waals surface area contributed by atoms with E-state index in [1.165, 1.54) is 6.08 Å². The number of thioether (sulfide) groups is 1. The molecule has 4 aromatic carbocycles. The average Bonchev–Trinajstić information content (AvgIpc) is 3.03. The molecular weight excluding hydrogens is 548 g/mol. The second kappa shape index (κ2) is 14.7. The molecule has 0 heterocycles. The van der Waals surface area contributed by atoms with Crippen LogP contribution in [0.25, 0.3) is 0 Å². The fraction of sp³-hybridized carbons (Fsp3) is 0.147. The van der Waals surface area contributed by atoms with Crippen molar-refractivity contribution in [2.75, 3.05) is 29.6 Å². The van der Waals surface area contributed by atoms with Crippen molar-refractivity contribution in [3.63, 3.8) is 0 Å². The van der Waals surface area contributed by atoms with Gasteiger partial charge in [-0.2, -0.15) is 0 Å². The summed E-state index contributed by atoms with van der Waals surface area (Å²) in [5.41, 5.74) is 2.94. The zero-order valence-electron chi connectivity index (χ0n) is 23.2. The van der Waals surface area contributed by atoms with E-state index in [0.717, 1.165) is 16.1 Å². The number of nitrogens with one attached hydrogen (secondary N) is 1. The lowest BCUT2D eigenvalue weighted by Crippen LogP contribution is -2.33. The summed E-state index contributed by atoms with van der Waals surface area (Å²) in [7, 11) is 0. The molecule has 1 atom stereocenters. The molecule has 8 heteroatoms. The minimum absolute atomic E-state index is 0.185. The summed E-state index contributed by atoms with van der Waals surface area (Å²) >= 11 is 1.63. The Bertz CT molecular complexity index is 1520. The molecule has 0 saturated heterocycles. The SMILES string of the molecule is C=CC(=O)N(CCOc1ccc(C[C@H](Nc2ccccc2C(=O)c2ccccc2)C(=O)O)cc1)c1ccc(SC)cc1. The van der Waals surface area contributed by atoms with Gasteiger partial charge in [0, 0.05) is 33.8 Å². The van der Waals surface area contributed by atoms with Gasteiger partial charge < -0.3 is 20.1 Å². The van der Waals surface area contributed by atoms with Gasteiger partial charge in [0.15, 0.2) is 5.78 Å². The third-order valence-electron chi connectivity index (χ3n) is 6.61. The lowest BCUT2D eigenvalue weighted by atomic mass is 10.00. The molecule has 214 valence electrons. The number of para-hydroxylation sites is 1. The Morgan fingerprint density at radius 3 is 2.24 bits per heavy atom. The highest BCUT2D eigenvalue weighted by Crippen LogP contribution is 2.23. The number of carboxylic acids is 1. The monoisotopic (exact) mass is 580 g/mol. The summed E-state index contributed by atoms with van der Waals surface area (Å²) in [4.78, 5) is 40.4. The van der Waals surface area contributed by atoms with Gasteiger partial charge in [0.2, 0.25) is 5.91 Å². The van der Waals surface area contributed by atoms with Gasteiger partial charge in [0.1, 0.15) is 18.4 Å². The molecule has 0 aliphatic rings. The lowest BCUT2D eigenvalue weighted by Gasteiger charge is -2.22. The second-order valence-corrected chi connectivity index (χ2v) is 10.2. The van der Waals surface area contributed by atoms with Gasteiger partial charge in [-0.05, 0) is 66.4 Å². The Labute approximate surface area is 249 Å². The van der Waals surface area contributed by atoms with Crippen molar-refractivity contribution in [2.45, 2.75) is 17.4 Å². The fourth-order valence-electron chi connectivity index (χ4n) is 4.39. The summed E-state index contributed by atoms with van der Waals surface area (Å²) in [6.45, 7) is 4.20. The molecule has 0 saturated carbocycles. The molecule has 0 bridgehead atoms. The highest BCUT2D eigenvalue weighted by atomic mass is 32.2. The van der Waals surface area contributed by atoms with Crippen LogP contribution in [0.1, 0.15) is 21.5 Å². The highest BCUT2D eigenvalue weighted by Gasteiger charge is 2.21. The third-order valence-corrected chi connectivity index (χ3v) is 7.35. The third kappa shape index (κ3) is 7.89. The molecule has 42 heavy (non-hydrogen) atoms. The summed E-state index contributed by atoms with van der Waals surface area (Å²) in [5.74, 6) is -0.837. The lowest BCUT2D eigenvalue weighted by molar-refractivity contribution is -0.137. The summed E-state index contributed by atoms with van der Waals surface area (Å²) in [5, 5.41) is 13.0. The number of anilines is 2. The highest BCUT2D eigenvalue weighted by molar-refractivity contribution is 7.98. The van der Waals surface area contributed by atoms with Gasteiger partial charge in [-0.15, -0.1) is 11.8 Å². The largest absolute Gasteiger partial charge is 0.492 e. The number of hydrogen-bond donors (Lipinski definition) is 2. The van der Waals surface area contributed by atoms with Crippen LogP contribution in [0.5, 0.6) is 5.75 Å². The van der Waals surface area contributed by atoms with Crippen LogP contribution < -0.4 is 15.0 Å².